The number of benzene rings is 2. The number of halogens is 1. The third-order valence-electron chi connectivity index (χ3n) is 4.24. The molecule has 0 N–H and O–H groups in total. The normalized spacial score (nSPS) is 11.2. The fourth-order valence-electron chi connectivity index (χ4n) is 2.88. The van der Waals surface area contributed by atoms with Crippen LogP contribution in [0.15, 0.2) is 36.4 Å². The Kier molecular flexibility index (Phi) is 5.10. The van der Waals surface area contributed by atoms with Gasteiger partial charge in [-0.3, -0.25) is 0 Å². The van der Waals surface area contributed by atoms with Gasteiger partial charge in [0.1, 0.15) is 11.6 Å². The van der Waals surface area contributed by atoms with Crippen LogP contribution >= 0.6 is 11.6 Å². The number of hydrogen-bond acceptors (Lipinski definition) is 2. The van der Waals surface area contributed by atoms with Crippen molar-refractivity contribution < 1.29 is 4.74 Å². The van der Waals surface area contributed by atoms with Crippen LogP contribution in [-0.2, 0) is 13.0 Å². The minimum atomic E-state index is 0.661. The second-order valence-corrected chi connectivity index (χ2v) is 6.55. The molecule has 126 valence electrons. The number of nitrogens with zero attached hydrogens (tertiary/aromatic N) is 2. The Balaban J connectivity index is 1.67. The lowest BCUT2D eigenvalue weighted by Gasteiger charge is -2.10. The lowest BCUT2D eigenvalue weighted by Crippen LogP contribution is -2.07. The Labute approximate surface area is 148 Å². The standard InChI is InChI=1S/C20H23ClN2O/c1-4-20-22-18-9-6-14(2)12-19(18)23(20)10-5-11-24-16-8-7-15(3)17(21)13-16/h6-9,12-13H,4-5,10-11H2,1-3H3. The number of imidazole rings is 1. The average Bonchev–Trinajstić information content (AvgIpc) is 2.92. The summed E-state index contributed by atoms with van der Waals surface area (Å²) in [4.78, 5) is 4.74. The van der Waals surface area contributed by atoms with Crippen LogP contribution in [-0.4, -0.2) is 16.2 Å². The second kappa shape index (κ2) is 7.27. The molecule has 0 atom stereocenters. The second-order valence-electron chi connectivity index (χ2n) is 6.14. The van der Waals surface area contributed by atoms with Gasteiger partial charge in [-0.2, -0.15) is 0 Å². The molecule has 0 radical (unpaired) electrons. The van der Waals surface area contributed by atoms with Gasteiger partial charge in [0.25, 0.3) is 0 Å². The molecule has 3 rings (SSSR count). The van der Waals surface area contributed by atoms with Crippen molar-refractivity contribution in [3.05, 3.63) is 58.4 Å². The molecule has 0 saturated heterocycles. The minimum absolute atomic E-state index is 0.661. The van der Waals surface area contributed by atoms with Crippen LogP contribution in [0.2, 0.25) is 5.02 Å². The molecule has 1 heterocycles. The SMILES string of the molecule is CCc1nc2ccc(C)cc2n1CCCOc1ccc(C)c(Cl)c1. The van der Waals surface area contributed by atoms with Crippen LogP contribution in [0.3, 0.4) is 0 Å². The summed E-state index contributed by atoms with van der Waals surface area (Å²) < 4.78 is 8.14. The van der Waals surface area contributed by atoms with Crippen molar-refractivity contribution in [2.75, 3.05) is 6.61 Å². The summed E-state index contributed by atoms with van der Waals surface area (Å²) in [5.41, 5.74) is 4.61. The summed E-state index contributed by atoms with van der Waals surface area (Å²) in [6.07, 6.45) is 1.86. The Morgan fingerprint density at radius 3 is 2.71 bits per heavy atom. The average molecular weight is 343 g/mol. The first-order valence-electron chi connectivity index (χ1n) is 8.43. The van der Waals surface area contributed by atoms with Gasteiger partial charge in [-0.1, -0.05) is 30.7 Å². The van der Waals surface area contributed by atoms with Crippen LogP contribution in [0.5, 0.6) is 5.75 Å². The molecule has 1 aromatic heterocycles. The molecule has 0 saturated carbocycles. The van der Waals surface area contributed by atoms with E-state index in [2.05, 4.69) is 36.6 Å². The number of rotatable bonds is 6. The molecule has 0 bridgehead atoms. The maximum absolute atomic E-state index is 6.14. The lowest BCUT2D eigenvalue weighted by atomic mass is 10.2. The first-order chi connectivity index (χ1) is 11.6. The molecule has 0 aliphatic carbocycles. The van der Waals surface area contributed by atoms with E-state index in [0.29, 0.717) is 6.61 Å². The molecule has 3 nitrogen and oxygen atoms in total. The largest absolute Gasteiger partial charge is 0.493 e. The number of ether oxygens (including phenoxy) is 1. The Hall–Kier alpha value is -2.00. The first-order valence-corrected chi connectivity index (χ1v) is 8.81. The third kappa shape index (κ3) is 3.57. The molecule has 0 spiro atoms. The number of hydrogen-bond donors (Lipinski definition) is 0. The minimum Gasteiger partial charge on any atom is -0.493 e. The summed E-state index contributed by atoms with van der Waals surface area (Å²) >= 11 is 6.14. The van der Waals surface area contributed by atoms with Gasteiger partial charge >= 0.3 is 0 Å². The zero-order valence-electron chi connectivity index (χ0n) is 14.5. The van der Waals surface area contributed by atoms with Crippen LogP contribution in [0.4, 0.5) is 0 Å². The molecule has 2 aromatic carbocycles. The van der Waals surface area contributed by atoms with Crippen molar-refractivity contribution in [3.63, 3.8) is 0 Å². The zero-order valence-corrected chi connectivity index (χ0v) is 15.2. The number of fused-ring (bicyclic) bond motifs is 1. The summed E-state index contributed by atoms with van der Waals surface area (Å²) in [7, 11) is 0. The number of aryl methyl sites for hydroxylation is 4. The molecule has 0 unspecified atom stereocenters. The van der Waals surface area contributed by atoms with Gasteiger partial charge in [0.05, 0.1) is 17.6 Å². The van der Waals surface area contributed by atoms with Gasteiger partial charge in [0.2, 0.25) is 0 Å². The molecule has 0 aliphatic heterocycles. The van der Waals surface area contributed by atoms with Crippen molar-refractivity contribution in [2.45, 2.75) is 40.2 Å². The first kappa shape index (κ1) is 16.8. The maximum atomic E-state index is 6.14. The van der Waals surface area contributed by atoms with E-state index in [1.807, 2.05) is 25.1 Å². The van der Waals surface area contributed by atoms with Crippen LogP contribution in [0, 0.1) is 13.8 Å². The summed E-state index contributed by atoms with van der Waals surface area (Å²) in [6, 6.07) is 12.3. The van der Waals surface area contributed by atoms with Gasteiger partial charge in [0.15, 0.2) is 0 Å². The van der Waals surface area contributed by atoms with Crippen LogP contribution in [0.1, 0.15) is 30.3 Å². The highest BCUT2D eigenvalue weighted by atomic mass is 35.5. The van der Waals surface area contributed by atoms with Gasteiger partial charge in [0, 0.05) is 18.0 Å². The van der Waals surface area contributed by atoms with Gasteiger partial charge < -0.3 is 9.30 Å². The Morgan fingerprint density at radius 1 is 1.12 bits per heavy atom. The highest BCUT2D eigenvalue weighted by Crippen LogP contribution is 2.22. The molecular formula is C20H23ClN2O. The molecule has 0 aliphatic rings. The fourth-order valence-corrected chi connectivity index (χ4v) is 3.05. The van der Waals surface area contributed by atoms with E-state index >= 15 is 0 Å². The molecule has 4 heteroatoms. The monoisotopic (exact) mass is 342 g/mol. The Bertz CT molecular complexity index is 854. The van der Waals surface area contributed by atoms with E-state index in [1.165, 1.54) is 11.1 Å². The predicted octanol–water partition coefficient (Wildman–Crippen LogP) is 5.34. The highest BCUT2D eigenvalue weighted by molar-refractivity contribution is 6.31. The van der Waals surface area contributed by atoms with E-state index in [9.17, 15) is 0 Å². The quantitative estimate of drug-likeness (QED) is 0.565. The van der Waals surface area contributed by atoms with Gasteiger partial charge in [-0.15, -0.1) is 0 Å². The smallest absolute Gasteiger partial charge is 0.120 e. The predicted molar refractivity (Wildman–Crippen MR) is 100 cm³/mol. The van der Waals surface area contributed by atoms with Gasteiger partial charge in [-0.05, 0) is 55.7 Å². The van der Waals surface area contributed by atoms with Crippen LogP contribution in [0.25, 0.3) is 11.0 Å². The summed E-state index contributed by atoms with van der Waals surface area (Å²) in [5.74, 6) is 1.96. The molecular weight excluding hydrogens is 320 g/mol. The molecule has 24 heavy (non-hydrogen) atoms. The van der Waals surface area contributed by atoms with E-state index < -0.39 is 0 Å². The van der Waals surface area contributed by atoms with Gasteiger partial charge in [-0.25, -0.2) is 4.98 Å². The van der Waals surface area contributed by atoms with E-state index in [-0.39, 0.29) is 0 Å². The maximum Gasteiger partial charge on any atom is 0.120 e. The van der Waals surface area contributed by atoms with Crippen LogP contribution < -0.4 is 4.74 Å². The fraction of sp³-hybridized carbons (Fsp3) is 0.350. The topological polar surface area (TPSA) is 27.1 Å². The van der Waals surface area contributed by atoms with E-state index in [0.717, 1.165) is 47.1 Å². The Morgan fingerprint density at radius 2 is 1.96 bits per heavy atom. The van der Waals surface area contributed by atoms with Crippen molar-refractivity contribution >= 4 is 22.6 Å². The molecule has 0 amide bonds. The van der Waals surface area contributed by atoms with E-state index in [1.54, 1.807) is 0 Å². The number of aromatic nitrogens is 2. The van der Waals surface area contributed by atoms with Crippen molar-refractivity contribution in [1.82, 2.24) is 9.55 Å². The summed E-state index contributed by atoms with van der Waals surface area (Å²) in [6.45, 7) is 7.82. The molecule has 3 aromatic rings. The van der Waals surface area contributed by atoms with E-state index in [4.69, 9.17) is 21.3 Å². The van der Waals surface area contributed by atoms with Crippen molar-refractivity contribution in [1.29, 1.82) is 0 Å². The van der Waals surface area contributed by atoms with Crippen molar-refractivity contribution in [2.24, 2.45) is 0 Å². The molecule has 0 fully saturated rings. The summed E-state index contributed by atoms with van der Waals surface area (Å²) in [5, 5.41) is 0.747. The zero-order chi connectivity index (χ0) is 17.1. The van der Waals surface area contributed by atoms with Crippen molar-refractivity contribution in [3.8, 4) is 5.75 Å². The third-order valence-corrected chi connectivity index (χ3v) is 4.64. The highest BCUT2D eigenvalue weighted by Gasteiger charge is 2.09. The lowest BCUT2D eigenvalue weighted by molar-refractivity contribution is 0.302.